The number of ether oxygens (including phenoxy) is 3. The Labute approximate surface area is 335 Å². The lowest BCUT2D eigenvalue weighted by molar-refractivity contribution is 0.00566. The van der Waals surface area contributed by atoms with Gasteiger partial charge in [0, 0.05) is 75.8 Å². The molecule has 6 rings (SSSR count). The lowest BCUT2D eigenvalue weighted by atomic mass is 9.85. The standard InChI is InChI=1S/C43H61N7O4Si2/c1-43(2,3)54-42(51)49-34-16-17-35(49)26-33(25-34)39-36(19-20-44)41(48(29-52-21-23-55(4,5)6)30-53-22-24-56(7,8)9)50-40(47-39)37(28-46-50)32-15-18-38(45-27-32)31-13-11-10-12-14-31/h10-15,18,27-28,33-35H,16-17,19,21-26,29-30H2,1-9H3. The van der Waals surface area contributed by atoms with Crippen LogP contribution in [0.25, 0.3) is 28.0 Å². The summed E-state index contributed by atoms with van der Waals surface area (Å²) in [6.45, 7) is 21.7. The lowest BCUT2D eigenvalue weighted by Crippen LogP contribution is -2.48. The van der Waals surface area contributed by atoms with Crippen molar-refractivity contribution < 1.29 is 19.0 Å². The van der Waals surface area contributed by atoms with E-state index in [0.29, 0.717) is 32.3 Å². The maximum Gasteiger partial charge on any atom is 0.410 e. The number of pyridine rings is 1. The molecular formula is C43H61N7O4Si2. The van der Waals surface area contributed by atoms with Crippen LogP contribution in [-0.4, -0.2) is 91.1 Å². The third-order valence-electron chi connectivity index (χ3n) is 10.7. The molecule has 1 aromatic carbocycles. The molecule has 0 spiro atoms. The van der Waals surface area contributed by atoms with Crippen LogP contribution in [0, 0.1) is 11.3 Å². The zero-order chi connectivity index (χ0) is 40.3. The van der Waals surface area contributed by atoms with Gasteiger partial charge in [-0.2, -0.15) is 14.9 Å². The zero-order valence-electron chi connectivity index (χ0n) is 35.0. The molecule has 1 amide bonds. The molecule has 11 nitrogen and oxygen atoms in total. The van der Waals surface area contributed by atoms with Crippen LogP contribution in [0.15, 0.2) is 54.9 Å². The van der Waals surface area contributed by atoms with Gasteiger partial charge >= 0.3 is 6.09 Å². The van der Waals surface area contributed by atoms with Crippen molar-refractivity contribution >= 4 is 33.7 Å². The molecule has 13 heteroatoms. The largest absolute Gasteiger partial charge is 0.444 e. The van der Waals surface area contributed by atoms with Crippen molar-refractivity contribution in [2.75, 3.05) is 31.6 Å². The summed E-state index contributed by atoms with van der Waals surface area (Å²) < 4.78 is 20.6. The Hall–Kier alpha value is -4.10. The van der Waals surface area contributed by atoms with E-state index >= 15 is 0 Å². The SMILES string of the molecule is CC(C)(C)OC(=O)N1C2CCC1CC(c1nc3c(-c4ccc(-c5ccccc5)nc4)cnn3c(N(COCC[Si](C)(C)C)COCC[Si](C)(C)C)c1CC#N)C2. The number of carbonyl (C=O) groups is 1. The predicted molar refractivity (Wildman–Crippen MR) is 228 cm³/mol. The van der Waals surface area contributed by atoms with Crippen LogP contribution < -0.4 is 4.90 Å². The van der Waals surface area contributed by atoms with E-state index in [1.165, 1.54) is 0 Å². The highest BCUT2D eigenvalue weighted by atomic mass is 28.3. The van der Waals surface area contributed by atoms with Gasteiger partial charge in [-0.15, -0.1) is 0 Å². The molecule has 2 fully saturated rings. The molecule has 0 saturated carbocycles. The Morgan fingerprint density at radius 2 is 1.52 bits per heavy atom. The molecule has 0 radical (unpaired) electrons. The first kappa shape index (κ1) is 41.5. The third-order valence-corrected chi connectivity index (χ3v) is 14.1. The topological polar surface area (TPSA) is 118 Å². The Morgan fingerprint density at radius 1 is 0.893 bits per heavy atom. The van der Waals surface area contributed by atoms with Crippen LogP contribution in [0.3, 0.4) is 0 Å². The van der Waals surface area contributed by atoms with Crippen LogP contribution in [0.4, 0.5) is 10.6 Å². The van der Waals surface area contributed by atoms with Crippen molar-refractivity contribution in [2.24, 2.45) is 0 Å². The number of amides is 1. The second kappa shape index (κ2) is 17.2. The number of piperidine rings is 1. The first-order chi connectivity index (χ1) is 26.5. The third kappa shape index (κ3) is 10.3. The van der Waals surface area contributed by atoms with E-state index in [9.17, 15) is 10.1 Å². The minimum Gasteiger partial charge on any atom is -0.444 e. The Bertz CT molecular complexity index is 1960. The van der Waals surface area contributed by atoms with E-state index in [0.717, 1.165) is 77.2 Å². The first-order valence-electron chi connectivity index (χ1n) is 20.2. The molecule has 300 valence electrons. The number of rotatable bonds is 15. The molecule has 2 saturated heterocycles. The van der Waals surface area contributed by atoms with Gasteiger partial charge in [0.1, 0.15) is 24.9 Å². The minimum atomic E-state index is -1.34. The van der Waals surface area contributed by atoms with E-state index in [2.05, 4.69) is 68.5 Å². The highest BCUT2D eigenvalue weighted by Crippen LogP contribution is 2.46. The smallest absolute Gasteiger partial charge is 0.410 e. The van der Waals surface area contributed by atoms with Gasteiger partial charge in [0.05, 0.1) is 30.1 Å². The minimum absolute atomic E-state index is 0.0297. The van der Waals surface area contributed by atoms with Gasteiger partial charge in [-0.25, -0.2) is 9.78 Å². The summed E-state index contributed by atoms with van der Waals surface area (Å²) in [5, 5.41) is 15.4. The van der Waals surface area contributed by atoms with Gasteiger partial charge < -0.3 is 24.0 Å². The Kier molecular flexibility index (Phi) is 12.7. The van der Waals surface area contributed by atoms with Crippen LogP contribution in [0.2, 0.25) is 51.4 Å². The van der Waals surface area contributed by atoms with Gasteiger partial charge in [-0.1, -0.05) is 75.7 Å². The predicted octanol–water partition coefficient (Wildman–Crippen LogP) is 9.60. The van der Waals surface area contributed by atoms with E-state index in [1.807, 2.05) is 66.8 Å². The zero-order valence-corrected chi connectivity index (χ0v) is 37.0. The van der Waals surface area contributed by atoms with Crippen molar-refractivity contribution in [1.29, 1.82) is 5.26 Å². The Morgan fingerprint density at radius 3 is 2.05 bits per heavy atom. The maximum atomic E-state index is 13.5. The molecule has 4 aromatic rings. The lowest BCUT2D eigenvalue weighted by Gasteiger charge is -2.40. The van der Waals surface area contributed by atoms with Crippen LogP contribution in [0.1, 0.15) is 63.6 Å². The van der Waals surface area contributed by atoms with E-state index in [-0.39, 0.29) is 30.5 Å². The summed E-state index contributed by atoms with van der Waals surface area (Å²) in [5.41, 5.74) is 5.55. The number of nitriles is 1. The first-order valence-corrected chi connectivity index (χ1v) is 27.6. The normalized spacial score (nSPS) is 18.6. The summed E-state index contributed by atoms with van der Waals surface area (Å²) in [6, 6.07) is 18.9. The van der Waals surface area contributed by atoms with Gasteiger partial charge in [0.2, 0.25) is 0 Å². The molecule has 3 aromatic heterocycles. The molecular weight excluding hydrogens is 735 g/mol. The fourth-order valence-corrected chi connectivity index (χ4v) is 9.27. The van der Waals surface area contributed by atoms with Gasteiger partial charge in [0.15, 0.2) is 5.65 Å². The highest BCUT2D eigenvalue weighted by Gasteiger charge is 2.46. The second-order valence-corrected chi connectivity index (χ2v) is 30.1. The molecule has 56 heavy (non-hydrogen) atoms. The highest BCUT2D eigenvalue weighted by molar-refractivity contribution is 6.76. The van der Waals surface area contributed by atoms with Crippen molar-refractivity contribution in [2.45, 2.75) is 128 Å². The molecule has 2 aliphatic heterocycles. The fraction of sp³-hybridized carbons (Fsp3) is 0.558. The molecule has 2 atom stereocenters. The monoisotopic (exact) mass is 795 g/mol. The van der Waals surface area contributed by atoms with Crippen LogP contribution in [-0.2, 0) is 20.6 Å². The number of aromatic nitrogens is 4. The molecule has 2 unspecified atom stereocenters. The second-order valence-electron chi connectivity index (χ2n) is 18.9. The fourth-order valence-electron chi connectivity index (χ4n) is 7.75. The van der Waals surface area contributed by atoms with Crippen molar-refractivity contribution in [3.63, 3.8) is 0 Å². The van der Waals surface area contributed by atoms with Gasteiger partial charge in [-0.3, -0.25) is 4.98 Å². The van der Waals surface area contributed by atoms with Gasteiger partial charge in [0.25, 0.3) is 0 Å². The summed E-state index contributed by atoms with van der Waals surface area (Å²) >= 11 is 0. The summed E-state index contributed by atoms with van der Waals surface area (Å²) in [7, 11) is -2.68. The van der Waals surface area contributed by atoms with Crippen molar-refractivity contribution in [3.8, 4) is 28.5 Å². The number of nitrogens with zero attached hydrogens (tertiary/aromatic N) is 7. The quantitative estimate of drug-likeness (QED) is 0.0659. The van der Waals surface area contributed by atoms with Crippen molar-refractivity contribution in [1.82, 2.24) is 24.5 Å². The van der Waals surface area contributed by atoms with E-state index in [4.69, 9.17) is 29.3 Å². The number of hydrogen-bond donors (Lipinski definition) is 0. The van der Waals surface area contributed by atoms with Gasteiger partial charge in [-0.05, 0) is 64.6 Å². The van der Waals surface area contributed by atoms with E-state index < -0.39 is 21.7 Å². The van der Waals surface area contributed by atoms with Crippen molar-refractivity contribution in [3.05, 3.63) is 66.1 Å². The van der Waals surface area contributed by atoms with E-state index in [1.54, 1.807) is 0 Å². The summed E-state index contributed by atoms with van der Waals surface area (Å²) in [4.78, 5) is 27.8. The average molecular weight is 796 g/mol. The number of benzene rings is 1. The number of fused-ring (bicyclic) bond motifs is 3. The van der Waals surface area contributed by atoms with Crippen LogP contribution >= 0.6 is 0 Å². The molecule has 0 aliphatic carbocycles. The molecule has 5 heterocycles. The number of anilines is 1. The molecule has 0 N–H and O–H groups in total. The molecule has 2 aliphatic rings. The number of hydrogen-bond acceptors (Lipinski definition) is 9. The molecule has 2 bridgehead atoms. The number of carbonyl (C=O) groups excluding carboxylic acids is 1. The summed E-state index contributed by atoms with van der Waals surface area (Å²) in [6.07, 6.45) is 6.98. The summed E-state index contributed by atoms with van der Waals surface area (Å²) in [5.74, 6) is 0.802. The maximum absolute atomic E-state index is 13.5. The Balaban J connectivity index is 1.44. The van der Waals surface area contributed by atoms with Crippen LogP contribution in [0.5, 0.6) is 0 Å². The average Bonchev–Trinajstić information content (AvgIpc) is 3.67.